The number of nitrogens with one attached hydrogen (secondary N) is 1. The van der Waals surface area contributed by atoms with Gasteiger partial charge in [-0.25, -0.2) is 0 Å². The van der Waals surface area contributed by atoms with Gasteiger partial charge in [-0.05, 0) is 65.7 Å². The number of amides is 1. The number of thioether (sulfide) groups is 1. The minimum absolute atomic E-state index is 0.109. The number of carbonyl (C=O) groups excluding carboxylic acids is 1. The molecule has 3 aromatic rings. The molecule has 1 aromatic carbocycles. The maximum Gasteiger partial charge on any atom is 0.234 e. The molecule has 1 N–H and O–H groups in total. The van der Waals surface area contributed by atoms with Gasteiger partial charge in [-0.3, -0.25) is 9.36 Å². The highest BCUT2D eigenvalue weighted by atomic mass is 79.9. The van der Waals surface area contributed by atoms with E-state index in [0.29, 0.717) is 28.0 Å². The van der Waals surface area contributed by atoms with Crippen LogP contribution < -0.4 is 10.1 Å². The number of nitrogens with zero attached hydrogens (tertiary/aromatic N) is 3. The van der Waals surface area contributed by atoms with Crippen LogP contribution in [0, 0.1) is 0 Å². The second-order valence-electron chi connectivity index (χ2n) is 5.86. The van der Waals surface area contributed by atoms with E-state index in [4.69, 9.17) is 9.15 Å². The lowest BCUT2D eigenvalue weighted by atomic mass is 10.3. The van der Waals surface area contributed by atoms with E-state index in [-0.39, 0.29) is 11.7 Å². The van der Waals surface area contributed by atoms with Gasteiger partial charge in [0.05, 0.1) is 12.4 Å². The summed E-state index contributed by atoms with van der Waals surface area (Å²) in [5, 5.41) is 12.0. The Kier molecular flexibility index (Phi) is 7.16. The van der Waals surface area contributed by atoms with Crippen LogP contribution in [-0.2, 0) is 11.3 Å². The second kappa shape index (κ2) is 9.79. The molecule has 0 unspecified atom stereocenters. The molecule has 0 atom stereocenters. The topological polar surface area (TPSA) is 82.2 Å². The third-order valence-electron chi connectivity index (χ3n) is 3.74. The zero-order chi connectivity index (χ0) is 19.9. The van der Waals surface area contributed by atoms with Crippen LogP contribution in [0.3, 0.4) is 0 Å². The van der Waals surface area contributed by atoms with E-state index in [2.05, 4.69) is 38.4 Å². The summed E-state index contributed by atoms with van der Waals surface area (Å²) in [6, 6.07) is 11.0. The van der Waals surface area contributed by atoms with Crippen LogP contribution in [-0.4, -0.2) is 33.0 Å². The highest BCUT2D eigenvalue weighted by Crippen LogP contribution is 2.27. The van der Waals surface area contributed by atoms with Crippen LogP contribution in [0.25, 0.3) is 11.6 Å². The van der Waals surface area contributed by atoms with Crippen molar-refractivity contribution in [3.05, 3.63) is 41.1 Å². The number of rotatable bonds is 9. The Morgan fingerprint density at radius 1 is 1.21 bits per heavy atom. The fraction of sp³-hybridized carbons (Fsp3) is 0.316. The van der Waals surface area contributed by atoms with Gasteiger partial charge in [0, 0.05) is 12.2 Å². The number of furan rings is 1. The predicted molar refractivity (Wildman–Crippen MR) is 113 cm³/mol. The molecule has 0 saturated carbocycles. The van der Waals surface area contributed by atoms with Crippen molar-refractivity contribution in [1.29, 1.82) is 0 Å². The molecular weight excluding hydrogens is 444 g/mol. The molecular formula is C19H21BrN4O3S. The van der Waals surface area contributed by atoms with Crippen LogP contribution in [0.1, 0.15) is 20.3 Å². The summed E-state index contributed by atoms with van der Waals surface area (Å²) in [5.74, 6) is 2.19. The lowest BCUT2D eigenvalue weighted by molar-refractivity contribution is -0.113. The molecule has 0 aliphatic carbocycles. The van der Waals surface area contributed by atoms with Crippen molar-refractivity contribution >= 4 is 39.3 Å². The Bertz CT molecular complexity index is 924. The van der Waals surface area contributed by atoms with Crippen molar-refractivity contribution in [2.45, 2.75) is 32.0 Å². The average Bonchev–Trinajstić information content (AvgIpc) is 3.28. The molecule has 0 bridgehead atoms. The molecule has 28 heavy (non-hydrogen) atoms. The van der Waals surface area contributed by atoms with Crippen molar-refractivity contribution in [3.8, 4) is 17.3 Å². The van der Waals surface area contributed by atoms with Crippen LogP contribution >= 0.6 is 27.7 Å². The molecule has 0 radical (unpaired) electrons. The molecule has 2 heterocycles. The number of ether oxygens (including phenoxy) is 1. The summed E-state index contributed by atoms with van der Waals surface area (Å²) >= 11 is 4.65. The number of halogens is 1. The van der Waals surface area contributed by atoms with Gasteiger partial charge in [0.25, 0.3) is 0 Å². The van der Waals surface area contributed by atoms with Crippen molar-refractivity contribution < 1.29 is 13.9 Å². The number of aromatic nitrogens is 3. The Hall–Kier alpha value is -2.26. The summed E-state index contributed by atoms with van der Waals surface area (Å²) in [5.41, 5.74) is 0.727. The van der Waals surface area contributed by atoms with E-state index in [9.17, 15) is 4.79 Å². The average molecular weight is 465 g/mol. The van der Waals surface area contributed by atoms with Gasteiger partial charge in [-0.1, -0.05) is 18.7 Å². The van der Waals surface area contributed by atoms with Crippen molar-refractivity contribution in [3.63, 3.8) is 0 Å². The van der Waals surface area contributed by atoms with E-state index < -0.39 is 0 Å². The Morgan fingerprint density at radius 3 is 2.64 bits per heavy atom. The predicted octanol–water partition coefficient (Wildman–Crippen LogP) is 4.84. The van der Waals surface area contributed by atoms with Crippen LogP contribution in [0.4, 0.5) is 5.69 Å². The number of carbonyl (C=O) groups is 1. The maximum atomic E-state index is 12.3. The van der Waals surface area contributed by atoms with E-state index in [1.165, 1.54) is 11.8 Å². The molecule has 2 aromatic heterocycles. The van der Waals surface area contributed by atoms with Gasteiger partial charge in [-0.15, -0.1) is 10.2 Å². The van der Waals surface area contributed by atoms with Gasteiger partial charge in [-0.2, -0.15) is 0 Å². The molecule has 0 aliphatic rings. The Morgan fingerprint density at radius 2 is 2.00 bits per heavy atom. The van der Waals surface area contributed by atoms with Gasteiger partial charge in [0.1, 0.15) is 5.75 Å². The molecule has 0 saturated heterocycles. The first-order valence-corrected chi connectivity index (χ1v) is 10.7. The van der Waals surface area contributed by atoms with E-state index >= 15 is 0 Å². The number of anilines is 1. The SMILES string of the molecule is CCCn1c(SCC(=O)Nc2ccc(OCC)cc2)nnc1-c1ccc(Br)o1. The van der Waals surface area contributed by atoms with E-state index in [1.807, 2.05) is 47.9 Å². The zero-order valence-corrected chi connectivity index (χ0v) is 18.0. The summed E-state index contributed by atoms with van der Waals surface area (Å²) < 4.78 is 13.6. The quantitative estimate of drug-likeness (QED) is 0.456. The van der Waals surface area contributed by atoms with Gasteiger partial charge in [0.2, 0.25) is 11.7 Å². The number of hydrogen-bond donors (Lipinski definition) is 1. The minimum Gasteiger partial charge on any atom is -0.494 e. The van der Waals surface area contributed by atoms with Crippen molar-refractivity contribution in [2.75, 3.05) is 17.7 Å². The smallest absolute Gasteiger partial charge is 0.234 e. The first-order valence-electron chi connectivity index (χ1n) is 8.95. The molecule has 148 valence electrons. The third-order valence-corrected chi connectivity index (χ3v) is 5.13. The summed E-state index contributed by atoms with van der Waals surface area (Å²) in [6.45, 7) is 5.36. The lowest BCUT2D eigenvalue weighted by Gasteiger charge is -2.08. The highest BCUT2D eigenvalue weighted by molar-refractivity contribution is 9.10. The number of benzene rings is 1. The van der Waals surface area contributed by atoms with Crippen molar-refractivity contribution in [2.24, 2.45) is 0 Å². The summed E-state index contributed by atoms with van der Waals surface area (Å²) in [7, 11) is 0. The molecule has 3 rings (SSSR count). The van der Waals surface area contributed by atoms with Gasteiger partial charge in [0.15, 0.2) is 15.6 Å². The molecule has 0 fully saturated rings. The standard InChI is InChI=1S/C19H21BrN4O3S/c1-3-11-24-18(15-9-10-16(20)27-15)22-23-19(24)28-12-17(25)21-13-5-7-14(8-6-13)26-4-2/h5-10H,3-4,11-12H2,1-2H3,(H,21,25). The highest BCUT2D eigenvalue weighted by Gasteiger charge is 2.17. The molecule has 1 amide bonds. The zero-order valence-electron chi connectivity index (χ0n) is 15.6. The van der Waals surface area contributed by atoms with E-state index in [0.717, 1.165) is 24.4 Å². The molecule has 9 heteroatoms. The van der Waals surface area contributed by atoms with Crippen molar-refractivity contribution in [1.82, 2.24) is 14.8 Å². The fourth-order valence-corrected chi connectivity index (χ4v) is 3.64. The molecule has 0 aliphatic heterocycles. The van der Waals surface area contributed by atoms with Crippen LogP contribution in [0.5, 0.6) is 5.75 Å². The second-order valence-corrected chi connectivity index (χ2v) is 7.58. The molecule has 0 spiro atoms. The molecule has 7 nitrogen and oxygen atoms in total. The first kappa shape index (κ1) is 20.5. The van der Waals surface area contributed by atoms with E-state index in [1.54, 1.807) is 0 Å². The largest absolute Gasteiger partial charge is 0.494 e. The first-order chi connectivity index (χ1) is 13.6. The normalized spacial score (nSPS) is 10.8. The minimum atomic E-state index is -0.109. The fourth-order valence-electron chi connectivity index (χ4n) is 2.57. The van der Waals surface area contributed by atoms with Crippen LogP contribution in [0.15, 0.2) is 50.6 Å². The summed E-state index contributed by atoms with van der Waals surface area (Å²) in [6.07, 6.45) is 0.916. The Labute approximate surface area is 176 Å². The third kappa shape index (κ3) is 5.17. The number of hydrogen-bond acceptors (Lipinski definition) is 6. The summed E-state index contributed by atoms with van der Waals surface area (Å²) in [4.78, 5) is 12.3. The monoisotopic (exact) mass is 464 g/mol. The Balaban J connectivity index is 1.63. The van der Waals surface area contributed by atoms with Crippen LogP contribution in [0.2, 0.25) is 0 Å². The lowest BCUT2D eigenvalue weighted by Crippen LogP contribution is -2.14. The maximum absolute atomic E-state index is 12.3. The van der Waals surface area contributed by atoms with Gasteiger partial charge >= 0.3 is 0 Å². The van der Waals surface area contributed by atoms with Gasteiger partial charge < -0.3 is 14.5 Å².